The van der Waals surface area contributed by atoms with Crippen LogP contribution < -0.4 is 10.5 Å². The zero-order chi connectivity index (χ0) is 10.3. The molecule has 0 aliphatic rings. The Kier molecular flexibility index (Phi) is 2.22. The van der Waals surface area contributed by atoms with E-state index in [1.54, 1.807) is 0 Å². The fraction of sp³-hybridized carbons (Fsp3) is 0.111. The summed E-state index contributed by atoms with van der Waals surface area (Å²) in [4.78, 5) is 0. The quantitative estimate of drug-likeness (QED) is 0.595. The Balaban J connectivity index is 2.81. The van der Waals surface area contributed by atoms with Crippen molar-refractivity contribution in [3.05, 3.63) is 23.8 Å². The minimum Gasteiger partial charge on any atom is -0.423 e. The molecule has 0 bridgehead atoms. The molecule has 0 saturated heterocycles. The van der Waals surface area contributed by atoms with Crippen molar-refractivity contribution < 1.29 is 10.0 Å². The van der Waals surface area contributed by atoms with Crippen molar-refractivity contribution in [3.63, 3.8) is 0 Å². The molecule has 0 aliphatic carbocycles. The molecule has 5 heteroatoms. The smallest absolute Gasteiger partial charge is 0.423 e. The van der Waals surface area contributed by atoms with E-state index >= 15 is 0 Å². The second-order valence-corrected chi connectivity index (χ2v) is 4.29. The van der Waals surface area contributed by atoms with Crippen LogP contribution in [0.1, 0.15) is 5.56 Å². The van der Waals surface area contributed by atoms with Gasteiger partial charge >= 0.3 is 7.12 Å². The summed E-state index contributed by atoms with van der Waals surface area (Å²) in [6.45, 7) is 1.96. The van der Waals surface area contributed by atoms with E-state index in [1.807, 2.05) is 25.1 Å². The lowest BCUT2D eigenvalue weighted by atomic mass is 9.87. The fourth-order valence-corrected chi connectivity index (χ4v) is 2.63. The first-order chi connectivity index (χ1) is 6.61. The van der Waals surface area contributed by atoms with Gasteiger partial charge < -0.3 is 15.8 Å². The molecule has 2 aromatic rings. The highest BCUT2D eigenvalue weighted by Gasteiger charge is 2.20. The van der Waals surface area contributed by atoms with Gasteiger partial charge in [0.25, 0.3) is 0 Å². The molecule has 0 atom stereocenters. The Morgan fingerprint density at radius 2 is 2.07 bits per heavy atom. The minimum absolute atomic E-state index is 0.425. The third-order valence-corrected chi connectivity index (χ3v) is 3.43. The average Bonchev–Trinajstić information content (AvgIpc) is 2.45. The van der Waals surface area contributed by atoms with E-state index in [9.17, 15) is 0 Å². The largest absolute Gasteiger partial charge is 0.501 e. The van der Waals surface area contributed by atoms with Crippen LogP contribution in [0.4, 0.5) is 5.69 Å². The van der Waals surface area contributed by atoms with Gasteiger partial charge in [0.15, 0.2) is 0 Å². The number of nitrogens with two attached hydrogens (primary N) is 1. The van der Waals surface area contributed by atoms with Crippen molar-refractivity contribution in [2.75, 3.05) is 5.73 Å². The Bertz CT molecular complexity index is 481. The number of nitrogen functional groups attached to an aromatic ring is 1. The predicted octanol–water partition coefficient (Wildman–Crippen LogP) is 0.472. The molecule has 0 spiro atoms. The van der Waals surface area contributed by atoms with Gasteiger partial charge in [-0.2, -0.15) is 0 Å². The first-order valence-electron chi connectivity index (χ1n) is 4.25. The minimum atomic E-state index is -1.48. The number of fused-ring (bicyclic) bond motifs is 1. The third-order valence-electron chi connectivity index (χ3n) is 2.22. The normalized spacial score (nSPS) is 10.8. The highest BCUT2D eigenvalue weighted by molar-refractivity contribution is 7.29. The van der Waals surface area contributed by atoms with Crippen LogP contribution in [-0.2, 0) is 0 Å². The SMILES string of the molecule is Cc1cccc2sc(B(O)O)c(N)c12. The van der Waals surface area contributed by atoms with Crippen molar-refractivity contribution in [2.24, 2.45) is 0 Å². The van der Waals surface area contributed by atoms with E-state index in [-0.39, 0.29) is 0 Å². The van der Waals surface area contributed by atoms with E-state index in [1.165, 1.54) is 11.3 Å². The number of hydrogen-bond donors (Lipinski definition) is 3. The number of anilines is 1. The van der Waals surface area contributed by atoms with Crippen molar-refractivity contribution >= 4 is 39.0 Å². The van der Waals surface area contributed by atoms with Gasteiger partial charge in [0.2, 0.25) is 0 Å². The van der Waals surface area contributed by atoms with Crippen molar-refractivity contribution in [1.82, 2.24) is 0 Å². The average molecular weight is 207 g/mol. The van der Waals surface area contributed by atoms with Crippen LogP contribution in [0.25, 0.3) is 10.1 Å². The van der Waals surface area contributed by atoms with E-state index < -0.39 is 7.12 Å². The molecule has 1 aromatic carbocycles. The summed E-state index contributed by atoms with van der Waals surface area (Å²) >= 11 is 1.32. The highest BCUT2D eigenvalue weighted by atomic mass is 32.1. The van der Waals surface area contributed by atoms with E-state index in [0.29, 0.717) is 10.5 Å². The fourth-order valence-electron chi connectivity index (χ4n) is 1.56. The Morgan fingerprint density at radius 3 is 2.64 bits per heavy atom. The zero-order valence-electron chi connectivity index (χ0n) is 7.69. The molecule has 14 heavy (non-hydrogen) atoms. The van der Waals surface area contributed by atoms with E-state index in [4.69, 9.17) is 15.8 Å². The molecule has 1 aromatic heterocycles. The second kappa shape index (κ2) is 3.27. The predicted molar refractivity (Wildman–Crippen MR) is 60.8 cm³/mol. The van der Waals surface area contributed by atoms with Gasteiger partial charge in [0.05, 0.1) is 10.5 Å². The molecule has 1 heterocycles. The third kappa shape index (κ3) is 1.30. The summed E-state index contributed by atoms with van der Waals surface area (Å²) in [6, 6.07) is 5.81. The van der Waals surface area contributed by atoms with Crippen LogP contribution in [0, 0.1) is 6.92 Å². The topological polar surface area (TPSA) is 66.5 Å². The van der Waals surface area contributed by atoms with Gasteiger partial charge in [0.1, 0.15) is 0 Å². The van der Waals surface area contributed by atoms with Crippen LogP contribution in [0.2, 0.25) is 0 Å². The highest BCUT2D eigenvalue weighted by Crippen LogP contribution is 2.28. The molecular formula is C9H10BNO2S. The van der Waals surface area contributed by atoms with Crippen LogP contribution in [0.3, 0.4) is 0 Å². The monoisotopic (exact) mass is 207 g/mol. The Labute approximate surface area is 85.9 Å². The Hall–Kier alpha value is -1.04. The van der Waals surface area contributed by atoms with Gasteiger partial charge in [0, 0.05) is 10.1 Å². The van der Waals surface area contributed by atoms with Gasteiger partial charge in [-0.15, -0.1) is 11.3 Å². The van der Waals surface area contributed by atoms with Crippen molar-refractivity contribution in [3.8, 4) is 0 Å². The molecule has 0 radical (unpaired) electrons. The molecule has 0 amide bonds. The van der Waals surface area contributed by atoms with Crippen LogP contribution in [0.15, 0.2) is 18.2 Å². The molecule has 72 valence electrons. The number of benzene rings is 1. The maximum atomic E-state index is 9.08. The number of thiophene rings is 1. The van der Waals surface area contributed by atoms with Crippen molar-refractivity contribution in [2.45, 2.75) is 6.92 Å². The lowest BCUT2D eigenvalue weighted by Crippen LogP contribution is -2.29. The summed E-state index contributed by atoms with van der Waals surface area (Å²) in [6.07, 6.45) is 0. The molecule has 2 rings (SSSR count). The lowest BCUT2D eigenvalue weighted by Gasteiger charge is -1.98. The maximum absolute atomic E-state index is 9.08. The van der Waals surface area contributed by atoms with Crippen LogP contribution in [0.5, 0.6) is 0 Å². The van der Waals surface area contributed by atoms with Crippen LogP contribution >= 0.6 is 11.3 Å². The summed E-state index contributed by atoms with van der Waals surface area (Å²) in [5, 5.41) is 19.1. The van der Waals surface area contributed by atoms with Gasteiger partial charge in [-0.25, -0.2) is 0 Å². The summed E-state index contributed by atoms with van der Waals surface area (Å²) in [7, 11) is -1.48. The van der Waals surface area contributed by atoms with Gasteiger partial charge in [-0.3, -0.25) is 0 Å². The molecule has 0 aliphatic heterocycles. The maximum Gasteiger partial charge on any atom is 0.501 e. The number of hydrogen-bond acceptors (Lipinski definition) is 4. The molecule has 0 saturated carbocycles. The first kappa shape index (κ1) is 9.52. The molecular weight excluding hydrogens is 197 g/mol. The van der Waals surface area contributed by atoms with E-state index in [0.717, 1.165) is 15.6 Å². The molecule has 0 unspecified atom stereocenters. The number of rotatable bonds is 1. The Morgan fingerprint density at radius 1 is 1.36 bits per heavy atom. The van der Waals surface area contributed by atoms with E-state index in [2.05, 4.69) is 0 Å². The standard InChI is InChI=1S/C9H10BNO2S/c1-5-3-2-4-6-7(5)8(11)9(14-6)10(12)13/h2-4,12-13H,11H2,1H3. The number of aryl methyl sites for hydroxylation is 1. The second-order valence-electron chi connectivity index (χ2n) is 3.20. The lowest BCUT2D eigenvalue weighted by molar-refractivity contribution is 0.427. The van der Waals surface area contributed by atoms with Crippen LogP contribution in [-0.4, -0.2) is 17.2 Å². The van der Waals surface area contributed by atoms with Gasteiger partial charge in [-0.05, 0) is 18.6 Å². The van der Waals surface area contributed by atoms with Crippen molar-refractivity contribution in [1.29, 1.82) is 0 Å². The first-order valence-corrected chi connectivity index (χ1v) is 5.06. The summed E-state index contributed by atoms with van der Waals surface area (Å²) < 4.78 is 1.42. The molecule has 4 N–H and O–H groups in total. The summed E-state index contributed by atoms with van der Waals surface area (Å²) in [5.74, 6) is 0. The molecule has 0 fully saturated rings. The molecule has 3 nitrogen and oxygen atoms in total. The summed E-state index contributed by atoms with van der Waals surface area (Å²) in [5.41, 5.74) is 7.37. The zero-order valence-corrected chi connectivity index (χ0v) is 8.51. The van der Waals surface area contributed by atoms with Gasteiger partial charge in [-0.1, -0.05) is 12.1 Å².